The van der Waals surface area contributed by atoms with Crippen molar-refractivity contribution < 1.29 is 13.7 Å². The van der Waals surface area contributed by atoms with E-state index in [2.05, 4.69) is 16.2 Å². The number of benzene rings is 1. The second kappa shape index (κ2) is 5.06. The summed E-state index contributed by atoms with van der Waals surface area (Å²) in [4.78, 5) is 4.68. The molecule has 4 aliphatic rings. The number of nitrogens with zero attached hydrogens (tertiary/aromatic N) is 3. The highest BCUT2D eigenvalue weighted by Crippen LogP contribution is 2.35. The molecule has 3 fully saturated rings. The fourth-order valence-corrected chi connectivity index (χ4v) is 4.43. The maximum Gasteiger partial charge on any atom is 0.258 e. The monoisotopic (exact) mass is 312 g/mol. The topological polar surface area (TPSA) is 48.2 Å². The van der Waals surface area contributed by atoms with E-state index in [9.17, 15) is 0 Å². The SMILES string of the molecule is c1cc2c(cc1-c1nc(C[N+]34CCC(CC3)CC4)no1)CCO2. The van der Waals surface area contributed by atoms with Crippen molar-refractivity contribution in [1.29, 1.82) is 0 Å². The molecular formula is C18H22N3O2+. The summed E-state index contributed by atoms with van der Waals surface area (Å²) in [6.07, 6.45) is 5.08. The number of fused-ring (bicyclic) bond motifs is 4. The number of piperidine rings is 3. The van der Waals surface area contributed by atoms with Gasteiger partial charge in [-0.2, -0.15) is 4.98 Å². The van der Waals surface area contributed by atoms with E-state index in [0.29, 0.717) is 5.89 Å². The molecule has 3 saturated heterocycles. The van der Waals surface area contributed by atoms with E-state index < -0.39 is 0 Å². The lowest BCUT2D eigenvalue weighted by molar-refractivity contribution is -0.955. The van der Waals surface area contributed by atoms with Crippen LogP contribution < -0.4 is 4.74 Å². The van der Waals surface area contributed by atoms with Crippen LogP contribution in [0.1, 0.15) is 30.7 Å². The molecule has 0 N–H and O–H groups in total. The largest absolute Gasteiger partial charge is 0.493 e. The van der Waals surface area contributed by atoms with E-state index in [-0.39, 0.29) is 0 Å². The van der Waals surface area contributed by atoms with Crippen LogP contribution in [0, 0.1) is 5.92 Å². The van der Waals surface area contributed by atoms with E-state index in [1.165, 1.54) is 44.5 Å². The second-order valence-electron chi connectivity index (χ2n) is 7.34. The van der Waals surface area contributed by atoms with Crippen molar-refractivity contribution in [3.63, 3.8) is 0 Å². The molecule has 0 spiro atoms. The van der Waals surface area contributed by atoms with Crippen LogP contribution in [0.4, 0.5) is 0 Å². The molecule has 1 aromatic carbocycles. The quantitative estimate of drug-likeness (QED) is 0.818. The van der Waals surface area contributed by atoms with Gasteiger partial charge in [0.2, 0.25) is 5.82 Å². The zero-order valence-corrected chi connectivity index (χ0v) is 13.3. The second-order valence-corrected chi connectivity index (χ2v) is 7.34. The van der Waals surface area contributed by atoms with Gasteiger partial charge in [-0.1, -0.05) is 5.16 Å². The highest BCUT2D eigenvalue weighted by Gasteiger charge is 2.40. The van der Waals surface area contributed by atoms with Crippen molar-refractivity contribution >= 4 is 0 Å². The Labute approximate surface area is 135 Å². The van der Waals surface area contributed by atoms with E-state index in [1.807, 2.05) is 12.1 Å². The normalized spacial score (nSPS) is 28.6. The first-order valence-corrected chi connectivity index (χ1v) is 8.74. The lowest BCUT2D eigenvalue weighted by atomic mass is 9.86. The molecule has 5 heteroatoms. The summed E-state index contributed by atoms with van der Waals surface area (Å²) in [6.45, 7) is 5.54. The van der Waals surface area contributed by atoms with Gasteiger partial charge in [0.05, 0.1) is 26.2 Å². The van der Waals surface area contributed by atoms with Gasteiger partial charge in [-0.05, 0) is 48.9 Å². The molecule has 0 unspecified atom stereocenters. The summed E-state index contributed by atoms with van der Waals surface area (Å²) in [5.41, 5.74) is 2.24. The molecule has 2 bridgehead atoms. The van der Waals surface area contributed by atoms with E-state index >= 15 is 0 Å². The van der Waals surface area contributed by atoms with Gasteiger partial charge >= 0.3 is 0 Å². The molecule has 23 heavy (non-hydrogen) atoms. The summed E-state index contributed by atoms with van der Waals surface area (Å²) >= 11 is 0. The third kappa shape index (κ3) is 2.34. The zero-order chi connectivity index (χ0) is 15.3. The molecule has 6 rings (SSSR count). The van der Waals surface area contributed by atoms with Gasteiger partial charge in [-0.3, -0.25) is 0 Å². The number of aromatic nitrogens is 2. The standard InChI is InChI=1S/C18H22N3O2/c1-2-16-14(6-10-22-16)11-15(1)18-19-17(20-23-18)12-21-7-3-13(4-8-21)5-9-21/h1-2,11,13H,3-10,12H2/q+1. The summed E-state index contributed by atoms with van der Waals surface area (Å²) in [6, 6.07) is 6.15. The summed E-state index contributed by atoms with van der Waals surface area (Å²) in [5, 5.41) is 4.26. The summed E-state index contributed by atoms with van der Waals surface area (Å²) in [7, 11) is 0. The van der Waals surface area contributed by atoms with Crippen molar-refractivity contribution in [1.82, 2.24) is 10.1 Å². The third-order valence-corrected chi connectivity index (χ3v) is 5.92. The van der Waals surface area contributed by atoms with Crippen LogP contribution in [-0.4, -0.2) is 40.9 Å². The van der Waals surface area contributed by atoms with Gasteiger partial charge in [-0.25, -0.2) is 0 Å². The number of ether oxygens (including phenoxy) is 1. The molecule has 4 aliphatic heterocycles. The molecule has 1 aromatic heterocycles. The number of hydrogen-bond acceptors (Lipinski definition) is 4. The Balaban J connectivity index is 1.38. The highest BCUT2D eigenvalue weighted by molar-refractivity contribution is 5.58. The Morgan fingerprint density at radius 1 is 1.13 bits per heavy atom. The Morgan fingerprint density at radius 2 is 1.96 bits per heavy atom. The van der Waals surface area contributed by atoms with Crippen LogP contribution in [0.15, 0.2) is 22.7 Å². The molecule has 0 radical (unpaired) electrons. The molecule has 0 amide bonds. The number of rotatable bonds is 3. The number of hydrogen-bond donors (Lipinski definition) is 0. The van der Waals surface area contributed by atoms with E-state index in [1.54, 1.807) is 0 Å². The van der Waals surface area contributed by atoms with Crippen molar-refractivity contribution in [2.75, 3.05) is 26.2 Å². The predicted octanol–water partition coefficient (Wildman–Crippen LogP) is 2.80. The van der Waals surface area contributed by atoms with Crippen LogP contribution in [0.25, 0.3) is 11.5 Å². The van der Waals surface area contributed by atoms with Crippen LogP contribution >= 0.6 is 0 Å². The average molecular weight is 312 g/mol. The van der Waals surface area contributed by atoms with Crippen molar-refractivity contribution in [2.45, 2.75) is 32.2 Å². The lowest BCUT2D eigenvalue weighted by Crippen LogP contribution is -2.57. The van der Waals surface area contributed by atoms with Gasteiger partial charge in [0, 0.05) is 12.0 Å². The van der Waals surface area contributed by atoms with E-state index in [0.717, 1.165) is 47.1 Å². The fourth-order valence-electron chi connectivity index (χ4n) is 4.43. The van der Waals surface area contributed by atoms with Crippen molar-refractivity contribution in [3.8, 4) is 17.2 Å². The summed E-state index contributed by atoms with van der Waals surface area (Å²) < 4.78 is 12.3. The molecule has 2 aromatic rings. The van der Waals surface area contributed by atoms with Gasteiger partial charge in [0.1, 0.15) is 12.3 Å². The Morgan fingerprint density at radius 3 is 2.78 bits per heavy atom. The highest BCUT2D eigenvalue weighted by atomic mass is 16.5. The van der Waals surface area contributed by atoms with Crippen molar-refractivity contribution in [2.24, 2.45) is 5.92 Å². The molecule has 0 aliphatic carbocycles. The zero-order valence-electron chi connectivity index (χ0n) is 13.3. The smallest absolute Gasteiger partial charge is 0.258 e. The molecule has 5 nitrogen and oxygen atoms in total. The molecule has 0 saturated carbocycles. The van der Waals surface area contributed by atoms with Crippen LogP contribution in [0.2, 0.25) is 0 Å². The minimum absolute atomic E-state index is 0.639. The molecule has 120 valence electrons. The van der Waals surface area contributed by atoms with Gasteiger partial charge < -0.3 is 13.7 Å². The Kier molecular flexibility index (Phi) is 2.98. The third-order valence-electron chi connectivity index (χ3n) is 5.92. The molecule has 5 heterocycles. The fraction of sp³-hybridized carbons (Fsp3) is 0.556. The first-order chi connectivity index (χ1) is 11.3. The maximum absolute atomic E-state index is 5.56. The minimum atomic E-state index is 0.639. The molecular weight excluding hydrogens is 290 g/mol. The van der Waals surface area contributed by atoms with E-state index in [4.69, 9.17) is 9.26 Å². The average Bonchev–Trinajstić information content (AvgIpc) is 3.24. The van der Waals surface area contributed by atoms with Gasteiger partial charge in [-0.15, -0.1) is 0 Å². The Bertz CT molecular complexity index is 718. The van der Waals surface area contributed by atoms with Gasteiger partial charge in [0.25, 0.3) is 5.89 Å². The first-order valence-electron chi connectivity index (χ1n) is 8.74. The minimum Gasteiger partial charge on any atom is -0.493 e. The summed E-state index contributed by atoms with van der Waals surface area (Å²) in [5.74, 6) is 3.46. The van der Waals surface area contributed by atoms with Crippen LogP contribution in [-0.2, 0) is 13.0 Å². The van der Waals surface area contributed by atoms with Crippen LogP contribution in [0.3, 0.4) is 0 Å². The number of quaternary nitrogens is 1. The first kappa shape index (κ1) is 13.5. The lowest BCUT2D eigenvalue weighted by Gasteiger charge is -2.48. The van der Waals surface area contributed by atoms with Gasteiger partial charge in [0.15, 0.2) is 0 Å². The predicted molar refractivity (Wildman–Crippen MR) is 84.8 cm³/mol. The Hall–Kier alpha value is -1.88. The maximum atomic E-state index is 5.56. The van der Waals surface area contributed by atoms with Crippen molar-refractivity contribution in [3.05, 3.63) is 29.6 Å². The molecule has 0 atom stereocenters. The van der Waals surface area contributed by atoms with Crippen LogP contribution in [0.5, 0.6) is 5.75 Å².